The molecule has 2 heterocycles. The van der Waals surface area contributed by atoms with Gasteiger partial charge in [0.1, 0.15) is 0 Å². The molecule has 1 N–H and O–H groups in total. The Bertz CT molecular complexity index is 920. The van der Waals surface area contributed by atoms with Gasteiger partial charge in [-0.3, -0.25) is 14.3 Å². The van der Waals surface area contributed by atoms with Gasteiger partial charge >= 0.3 is 0 Å². The monoisotopic (exact) mass is 372 g/mol. The van der Waals surface area contributed by atoms with Crippen LogP contribution in [0.25, 0.3) is 0 Å². The number of hydrogen-bond acceptors (Lipinski definition) is 4. The fourth-order valence-corrected chi connectivity index (χ4v) is 3.41. The van der Waals surface area contributed by atoms with Gasteiger partial charge < -0.3 is 15.0 Å². The second kappa shape index (κ2) is 6.68. The molecule has 2 aliphatic rings. The molecule has 2 amide bonds. The average molecular weight is 372 g/mol. The van der Waals surface area contributed by atoms with Gasteiger partial charge in [0.05, 0.1) is 13.7 Å². The van der Waals surface area contributed by atoms with Gasteiger partial charge in [0, 0.05) is 42.8 Å². The molecule has 2 aromatic rings. The SMILES string of the molecule is COc1ccc(C(=O)N2CCc3c(c(NC(=O)C4CC4)nn3C)C2)cc1F. The zero-order valence-corrected chi connectivity index (χ0v) is 15.3. The number of carbonyl (C=O) groups excluding carboxylic acids is 2. The maximum Gasteiger partial charge on any atom is 0.254 e. The van der Waals surface area contributed by atoms with Crippen molar-refractivity contribution < 1.29 is 18.7 Å². The van der Waals surface area contributed by atoms with Gasteiger partial charge in [0.25, 0.3) is 5.91 Å². The molecule has 1 aromatic carbocycles. The number of fused-ring (bicyclic) bond motifs is 1. The Morgan fingerprint density at radius 3 is 2.78 bits per heavy atom. The zero-order valence-electron chi connectivity index (χ0n) is 15.3. The van der Waals surface area contributed by atoms with Gasteiger partial charge in [0.15, 0.2) is 17.4 Å². The van der Waals surface area contributed by atoms with Crippen molar-refractivity contribution in [3.05, 3.63) is 40.8 Å². The number of aromatic nitrogens is 2. The first-order valence-electron chi connectivity index (χ1n) is 8.96. The van der Waals surface area contributed by atoms with E-state index in [0.717, 1.165) is 24.1 Å². The topological polar surface area (TPSA) is 76.5 Å². The lowest BCUT2D eigenvalue weighted by Gasteiger charge is -2.27. The minimum atomic E-state index is -0.570. The molecule has 0 bridgehead atoms. The van der Waals surface area contributed by atoms with E-state index in [2.05, 4.69) is 10.4 Å². The van der Waals surface area contributed by atoms with Gasteiger partial charge in [-0.1, -0.05) is 0 Å². The Morgan fingerprint density at radius 2 is 2.11 bits per heavy atom. The van der Waals surface area contributed by atoms with Crippen molar-refractivity contribution in [1.29, 1.82) is 0 Å². The zero-order chi connectivity index (χ0) is 19.1. The molecule has 142 valence electrons. The van der Waals surface area contributed by atoms with Gasteiger partial charge in [0.2, 0.25) is 5.91 Å². The number of ether oxygens (including phenoxy) is 1. The van der Waals surface area contributed by atoms with Crippen LogP contribution in [0.4, 0.5) is 10.2 Å². The normalized spacial score (nSPS) is 16.0. The van der Waals surface area contributed by atoms with E-state index >= 15 is 0 Å². The Hall–Kier alpha value is -2.90. The third-order valence-electron chi connectivity index (χ3n) is 5.12. The molecule has 0 atom stereocenters. The van der Waals surface area contributed by atoms with Crippen molar-refractivity contribution in [2.45, 2.75) is 25.8 Å². The highest BCUT2D eigenvalue weighted by Gasteiger charge is 2.33. The lowest BCUT2D eigenvalue weighted by atomic mass is 10.1. The van der Waals surface area contributed by atoms with E-state index in [9.17, 15) is 14.0 Å². The molecule has 27 heavy (non-hydrogen) atoms. The summed E-state index contributed by atoms with van der Waals surface area (Å²) in [6.07, 6.45) is 2.45. The van der Waals surface area contributed by atoms with Crippen LogP contribution in [-0.4, -0.2) is 40.1 Å². The number of hydrogen-bond donors (Lipinski definition) is 1. The number of carbonyl (C=O) groups is 2. The van der Waals surface area contributed by atoms with E-state index in [-0.39, 0.29) is 29.0 Å². The molecule has 8 heteroatoms. The molecule has 1 aliphatic heterocycles. The molecular formula is C19H21FN4O3. The van der Waals surface area contributed by atoms with Crippen LogP contribution < -0.4 is 10.1 Å². The highest BCUT2D eigenvalue weighted by molar-refractivity contribution is 5.95. The lowest BCUT2D eigenvalue weighted by Crippen LogP contribution is -2.36. The number of amides is 2. The Morgan fingerprint density at radius 1 is 1.33 bits per heavy atom. The highest BCUT2D eigenvalue weighted by atomic mass is 19.1. The van der Waals surface area contributed by atoms with Crippen molar-refractivity contribution in [1.82, 2.24) is 14.7 Å². The standard InChI is InChI=1S/C19H21FN4O3/c1-23-15-7-8-24(19(26)12-5-6-16(27-2)14(20)9-12)10-13(15)17(22-23)21-18(25)11-3-4-11/h5-6,9,11H,3-4,7-8,10H2,1-2H3,(H,21,22,25). The smallest absolute Gasteiger partial charge is 0.254 e. The molecule has 4 rings (SSSR count). The Kier molecular flexibility index (Phi) is 4.33. The molecule has 7 nitrogen and oxygen atoms in total. The van der Waals surface area contributed by atoms with Crippen LogP contribution in [0.5, 0.6) is 5.75 Å². The van der Waals surface area contributed by atoms with Crippen LogP contribution in [0.2, 0.25) is 0 Å². The van der Waals surface area contributed by atoms with Gasteiger partial charge in [-0.2, -0.15) is 5.10 Å². The quantitative estimate of drug-likeness (QED) is 0.892. The number of rotatable bonds is 4. The molecule has 1 fully saturated rings. The molecule has 0 radical (unpaired) electrons. The summed E-state index contributed by atoms with van der Waals surface area (Å²) in [5.74, 6) is -0.152. The van der Waals surface area contributed by atoms with Gasteiger partial charge in [-0.25, -0.2) is 4.39 Å². The van der Waals surface area contributed by atoms with E-state index in [1.165, 1.54) is 19.2 Å². The molecule has 1 saturated carbocycles. The van der Waals surface area contributed by atoms with Crippen molar-refractivity contribution in [2.75, 3.05) is 19.0 Å². The summed E-state index contributed by atoms with van der Waals surface area (Å²) < 4.78 is 20.6. The van der Waals surface area contributed by atoms with Crippen LogP contribution in [-0.2, 0) is 24.8 Å². The Balaban J connectivity index is 1.55. The summed E-state index contributed by atoms with van der Waals surface area (Å²) in [5.41, 5.74) is 2.12. The average Bonchev–Trinajstić information content (AvgIpc) is 3.47. The molecule has 0 unspecified atom stereocenters. The van der Waals surface area contributed by atoms with Crippen LogP contribution in [0.15, 0.2) is 18.2 Å². The maximum atomic E-state index is 14.0. The van der Waals surface area contributed by atoms with E-state index in [0.29, 0.717) is 25.3 Å². The minimum Gasteiger partial charge on any atom is -0.494 e. The van der Waals surface area contributed by atoms with Crippen molar-refractivity contribution in [2.24, 2.45) is 13.0 Å². The highest BCUT2D eigenvalue weighted by Crippen LogP contribution is 2.32. The van der Waals surface area contributed by atoms with E-state index in [1.807, 2.05) is 7.05 Å². The van der Waals surface area contributed by atoms with Crippen LogP contribution in [0, 0.1) is 11.7 Å². The molecule has 0 spiro atoms. The molecular weight excluding hydrogens is 351 g/mol. The summed E-state index contributed by atoms with van der Waals surface area (Å²) in [6.45, 7) is 0.838. The van der Waals surface area contributed by atoms with Crippen LogP contribution >= 0.6 is 0 Å². The number of nitrogens with zero attached hydrogens (tertiary/aromatic N) is 3. The second-order valence-electron chi connectivity index (χ2n) is 6.99. The van der Waals surface area contributed by atoms with E-state index in [1.54, 1.807) is 15.6 Å². The fraction of sp³-hybridized carbons (Fsp3) is 0.421. The number of methoxy groups -OCH3 is 1. The molecule has 1 aliphatic carbocycles. The Labute approximate surface area is 156 Å². The predicted molar refractivity (Wildman–Crippen MR) is 96.0 cm³/mol. The number of nitrogens with one attached hydrogen (secondary N) is 1. The minimum absolute atomic E-state index is 0.0171. The summed E-state index contributed by atoms with van der Waals surface area (Å²) in [4.78, 5) is 26.6. The van der Waals surface area contributed by atoms with Crippen molar-refractivity contribution in [3.63, 3.8) is 0 Å². The van der Waals surface area contributed by atoms with E-state index < -0.39 is 5.82 Å². The number of anilines is 1. The second-order valence-corrected chi connectivity index (χ2v) is 6.99. The number of aryl methyl sites for hydroxylation is 1. The lowest BCUT2D eigenvalue weighted by molar-refractivity contribution is -0.117. The molecule has 0 saturated heterocycles. The summed E-state index contributed by atoms with van der Waals surface area (Å²) in [5, 5.41) is 7.31. The van der Waals surface area contributed by atoms with Crippen LogP contribution in [0.1, 0.15) is 34.5 Å². The first-order chi connectivity index (χ1) is 13.0. The third kappa shape index (κ3) is 3.27. The first-order valence-corrected chi connectivity index (χ1v) is 8.96. The van der Waals surface area contributed by atoms with Crippen LogP contribution in [0.3, 0.4) is 0 Å². The molecule has 1 aromatic heterocycles. The largest absolute Gasteiger partial charge is 0.494 e. The third-order valence-corrected chi connectivity index (χ3v) is 5.12. The van der Waals surface area contributed by atoms with Gasteiger partial charge in [-0.15, -0.1) is 0 Å². The summed E-state index contributed by atoms with van der Waals surface area (Å²) in [6, 6.07) is 4.19. The van der Waals surface area contributed by atoms with Gasteiger partial charge in [-0.05, 0) is 31.0 Å². The predicted octanol–water partition coefficient (Wildman–Crippen LogP) is 2.11. The van der Waals surface area contributed by atoms with Crippen molar-refractivity contribution >= 4 is 17.6 Å². The maximum absolute atomic E-state index is 14.0. The van der Waals surface area contributed by atoms with E-state index in [4.69, 9.17) is 4.74 Å². The summed E-state index contributed by atoms with van der Waals surface area (Å²) in [7, 11) is 3.22. The first kappa shape index (κ1) is 17.5. The number of halogens is 1. The fourth-order valence-electron chi connectivity index (χ4n) is 3.41. The summed E-state index contributed by atoms with van der Waals surface area (Å²) >= 11 is 0. The van der Waals surface area contributed by atoms with Crippen molar-refractivity contribution in [3.8, 4) is 5.75 Å². The number of benzene rings is 1.